The van der Waals surface area contributed by atoms with Crippen LogP contribution in [0.1, 0.15) is 12.0 Å². The Hall–Kier alpha value is -2.25. The zero-order chi connectivity index (χ0) is 18.3. The number of carbonyl (C=O) groups excluding carboxylic acids is 1. The minimum Gasteiger partial charge on any atom is -0.322 e. The fraction of sp³-hybridized carbons (Fsp3) is 0.278. The first-order chi connectivity index (χ1) is 11.9. The van der Waals surface area contributed by atoms with Gasteiger partial charge in [-0.3, -0.25) is 4.79 Å². The van der Waals surface area contributed by atoms with Crippen molar-refractivity contribution in [3.8, 4) is 0 Å². The van der Waals surface area contributed by atoms with Gasteiger partial charge in [-0.25, -0.2) is 12.8 Å². The minimum atomic E-state index is -3.54. The molecule has 25 heavy (non-hydrogen) atoms. The lowest BCUT2D eigenvalue weighted by molar-refractivity contribution is -0.116. The normalized spacial score (nSPS) is 11.5. The molecule has 0 saturated carbocycles. The predicted molar refractivity (Wildman–Crippen MR) is 96.2 cm³/mol. The van der Waals surface area contributed by atoms with E-state index in [4.69, 9.17) is 0 Å². The molecule has 0 aliphatic rings. The van der Waals surface area contributed by atoms with E-state index in [1.807, 2.05) is 30.3 Å². The maximum atomic E-state index is 13.6. The maximum Gasteiger partial charge on any atom is 0.239 e. The molecule has 0 saturated heterocycles. The van der Waals surface area contributed by atoms with Crippen molar-refractivity contribution < 1.29 is 17.6 Å². The number of halogens is 1. The van der Waals surface area contributed by atoms with Crippen molar-refractivity contribution in [2.75, 3.05) is 24.7 Å². The average molecular weight is 364 g/mol. The summed E-state index contributed by atoms with van der Waals surface area (Å²) >= 11 is 0. The second-order valence-electron chi connectivity index (χ2n) is 5.71. The van der Waals surface area contributed by atoms with E-state index in [2.05, 4.69) is 5.32 Å². The van der Waals surface area contributed by atoms with Crippen LogP contribution in [0.4, 0.5) is 10.1 Å². The first kappa shape index (κ1) is 19.1. The average Bonchev–Trinajstić information content (AvgIpc) is 2.56. The van der Waals surface area contributed by atoms with Crippen LogP contribution in [0.2, 0.25) is 0 Å². The van der Waals surface area contributed by atoms with E-state index in [0.29, 0.717) is 12.8 Å². The van der Waals surface area contributed by atoms with Crippen LogP contribution in [0.5, 0.6) is 0 Å². The zero-order valence-electron chi connectivity index (χ0n) is 14.0. The smallest absolute Gasteiger partial charge is 0.239 e. The van der Waals surface area contributed by atoms with Gasteiger partial charge < -0.3 is 5.32 Å². The van der Waals surface area contributed by atoms with Gasteiger partial charge >= 0.3 is 0 Å². The predicted octanol–water partition coefficient (Wildman–Crippen LogP) is 2.66. The zero-order valence-corrected chi connectivity index (χ0v) is 14.8. The van der Waals surface area contributed by atoms with Crippen LogP contribution in [-0.4, -0.2) is 38.0 Å². The summed E-state index contributed by atoms with van der Waals surface area (Å²) in [5.41, 5.74) is 1.14. The van der Waals surface area contributed by atoms with Crippen molar-refractivity contribution in [1.29, 1.82) is 0 Å². The highest BCUT2D eigenvalue weighted by molar-refractivity contribution is 7.88. The van der Waals surface area contributed by atoms with E-state index in [1.54, 1.807) is 6.07 Å². The molecule has 0 atom stereocenters. The highest BCUT2D eigenvalue weighted by atomic mass is 32.2. The highest BCUT2D eigenvalue weighted by Gasteiger charge is 2.20. The summed E-state index contributed by atoms with van der Waals surface area (Å²) in [4.78, 5) is 12.1. The summed E-state index contributed by atoms with van der Waals surface area (Å²) < 4.78 is 38.5. The number of para-hydroxylation sites is 1. The Morgan fingerprint density at radius 2 is 1.72 bits per heavy atom. The number of anilines is 1. The molecule has 5 nitrogen and oxygen atoms in total. The lowest BCUT2D eigenvalue weighted by Crippen LogP contribution is -2.38. The molecule has 134 valence electrons. The first-order valence-electron chi connectivity index (χ1n) is 7.89. The quantitative estimate of drug-likeness (QED) is 0.783. The topological polar surface area (TPSA) is 66.5 Å². The largest absolute Gasteiger partial charge is 0.322 e. The molecule has 0 aliphatic carbocycles. The lowest BCUT2D eigenvalue weighted by Gasteiger charge is -2.19. The second-order valence-corrected chi connectivity index (χ2v) is 7.70. The van der Waals surface area contributed by atoms with Crippen LogP contribution in [-0.2, 0) is 21.2 Å². The molecule has 1 N–H and O–H groups in total. The third-order valence-corrected chi connectivity index (χ3v) is 4.90. The summed E-state index contributed by atoms with van der Waals surface area (Å²) in [6.07, 6.45) is 2.36. The standard InChI is InChI=1S/C18H21FN2O3S/c1-25(23,24)21(13-7-10-15-8-3-2-4-9-15)14-18(22)20-17-12-6-5-11-16(17)19/h2-6,8-9,11-12H,7,10,13-14H2,1H3,(H,20,22). The van der Waals surface area contributed by atoms with Gasteiger partial charge in [0.1, 0.15) is 5.82 Å². The molecule has 0 fully saturated rings. The Bertz CT molecular complexity index is 810. The van der Waals surface area contributed by atoms with Gasteiger partial charge in [-0.1, -0.05) is 42.5 Å². The van der Waals surface area contributed by atoms with Crippen LogP contribution < -0.4 is 5.32 Å². The Morgan fingerprint density at radius 3 is 2.36 bits per heavy atom. The molecule has 0 bridgehead atoms. The number of aryl methyl sites for hydroxylation is 1. The fourth-order valence-electron chi connectivity index (χ4n) is 2.38. The van der Waals surface area contributed by atoms with E-state index in [0.717, 1.165) is 16.1 Å². The number of sulfonamides is 1. The first-order valence-corrected chi connectivity index (χ1v) is 9.74. The molecule has 0 unspecified atom stereocenters. The molecule has 2 rings (SSSR count). The minimum absolute atomic E-state index is 0.0326. The van der Waals surface area contributed by atoms with Crippen molar-refractivity contribution in [1.82, 2.24) is 4.31 Å². The van der Waals surface area contributed by atoms with Crippen molar-refractivity contribution in [2.45, 2.75) is 12.8 Å². The van der Waals surface area contributed by atoms with Gasteiger partial charge in [0, 0.05) is 6.54 Å². The molecule has 0 radical (unpaired) electrons. The lowest BCUT2D eigenvalue weighted by atomic mass is 10.1. The van der Waals surface area contributed by atoms with Crippen molar-refractivity contribution in [2.24, 2.45) is 0 Å². The van der Waals surface area contributed by atoms with Gasteiger partial charge in [-0.15, -0.1) is 0 Å². The third-order valence-electron chi connectivity index (χ3n) is 3.65. The summed E-state index contributed by atoms with van der Waals surface area (Å²) in [5, 5.41) is 2.40. The van der Waals surface area contributed by atoms with E-state index >= 15 is 0 Å². The fourth-order valence-corrected chi connectivity index (χ4v) is 3.19. The number of hydrogen-bond acceptors (Lipinski definition) is 3. The third kappa shape index (κ3) is 6.28. The van der Waals surface area contributed by atoms with Crippen LogP contribution in [0.15, 0.2) is 54.6 Å². The molecular weight excluding hydrogens is 343 g/mol. The highest BCUT2D eigenvalue weighted by Crippen LogP contribution is 2.13. The van der Waals surface area contributed by atoms with Gasteiger partial charge in [0.15, 0.2) is 0 Å². The summed E-state index contributed by atoms with van der Waals surface area (Å²) in [6.45, 7) is -0.125. The SMILES string of the molecule is CS(=O)(=O)N(CCCc1ccccc1)CC(=O)Nc1ccccc1F. The molecule has 0 aliphatic heterocycles. The number of amides is 1. The van der Waals surface area contributed by atoms with Crippen LogP contribution in [0.3, 0.4) is 0 Å². The number of rotatable bonds is 8. The van der Waals surface area contributed by atoms with E-state index in [1.165, 1.54) is 18.2 Å². The van der Waals surface area contributed by atoms with Gasteiger partial charge in [-0.05, 0) is 30.5 Å². The van der Waals surface area contributed by atoms with E-state index in [-0.39, 0.29) is 18.8 Å². The van der Waals surface area contributed by atoms with E-state index < -0.39 is 21.7 Å². The molecule has 1 amide bonds. The molecule has 0 aromatic heterocycles. The van der Waals surface area contributed by atoms with Gasteiger partial charge in [0.25, 0.3) is 0 Å². The van der Waals surface area contributed by atoms with Crippen LogP contribution in [0.25, 0.3) is 0 Å². The number of nitrogens with zero attached hydrogens (tertiary/aromatic N) is 1. The number of carbonyl (C=O) groups is 1. The maximum absolute atomic E-state index is 13.6. The van der Waals surface area contributed by atoms with Crippen LogP contribution in [0, 0.1) is 5.82 Å². The molecular formula is C18H21FN2O3S. The molecule has 0 heterocycles. The molecule has 2 aromatic rings. The van der Waals surface area contributed by atoms with Gasteiger partial charge in [-0.2, -0.15) is 4.31 Å². The van der Waals surface area contributed by atoms with Crippen molar-refractivity contribution in [3.05, 3.63) is 66.0 Å². The van der Waals surface area contributed by atoms with Gasteiger partial charge in [0.05, 0.1) is 18.5 Å². The molecule has 2 aromatic carbocycles. The van der Waals surface area contributed by atoms with Crippen molar-refractivity contribution >= 4 is 21.6 Å². The van der Waals surface area contributed by atoms with Crippen molar-refractivity contribution in [3.63, 3.8) is 0 Å². The Labute approximate surface area is 147 Å². The monoisotopic (exact) mass is 364 g/mol. The molecule has 0 spiro atoms. The van der Waals surface area contributed by atoms with Crippen LogP contribution >= 0.6 is 0 Å². The van der Waals surface area contributed by atoms with E-state index in [9.17, 15) is 17.6 Å². The Kier molecular flexibility index (Phi) is 6.66. The number of benzene rings is 2. The molecule has 7 heteroatoms. The summed E-state index contributed by atoms with van der Waals surface area (Å²) in [5.74, 6) is -1.14. The van der Waals surface area contributed by atoms with Gasteiger partial charge in [0.2, 0.25) is 15.9 Å². The summed E-state index contributed by atoms with van der Waals surface area (Å²) in [7, 11) is -3.54. The number of hydrogen-bond donors (Lipinski definition) is 1. The number of nitrogens with one attached hydrogen (secondary N) is 1. The second kappa shape index (κ2) is 8.73. The Balaban J connectivity index is 1.93. The summed E-state index contributed by atoms with van der Waals surface area (Å²) in [6, 6.07) is 15.4. The Morgan fingerprint density at radius 1 is 1.08 bits per heavy atom.